The van der Waals surface area contributed by atoms with Crippen molar-refractivity contribution in [2.45, 2.75) is 20.8 Å². The highest BCUT2D eigenvalue weighted by Crippen LogP contribution is 2.43. The fourth-order valence-electron chi connectivity index (χ4n) is 1.90. The van der Waals surface area contributed by atoms with Gasteiger partial charge in [-0.3, -0.25) is 0 Å². The molecule has 2 nitrogen and oxygen atoms in total. The molecule has 84 valence electrons. The molecule has 0 saturated carbocycles. The molecule has 1 aliphatic carbocycles. The molecule has 0 atom stereocenters. The van der Waals surface area contributed by atoms with E-state index in [1.165, 1.54) is 16.7 Å². The van der Waals surface area contributed by atoms with E-state index in [0.717, 1.165) is 11.5 Å². The van der Waals surface area contributed by atoms with E-state index in [4.69, 9.17) is 9.47 Å². The van der Waals surface area contributed by atoms with Gasteiger partial charge >= 0.3 is 0 Å². The summed E-state index contributed by atoms with van der Waals surface area (Å²) in [6.07, 6.45) is 0. The van der Waals surface area contributed by atoms with E-state index in [-0.39, 0.29) is 11.0 Å². The van der Waals surface area contributed by atoms with Gasteiger partial charge in [-0.25, -0.2) is 0 Å². The van der Waals surface area contributed by atoms with Crippen LogP contribution in [0.3, 0.4) is 0 Å². The lowest BCUT2D eigenvalue weighted by atomic mass is 9.89. The van der Waals surface area contributed by atoms with Crippen LogP contribution in [0.1, 0.15) is 30.5 Å². The van der Waals surface area contributed by atoms with Gasteiger partial charge < -0.3 is 9.47 Å². The second kappa shape index (κ2) is 5.21. The first kappa shape index (κ1) is 12.8. The van der Waals surface area contributed by atoms with Gasteiger partial charge in [-0.2, -0.15) is 0 Å². The van der Waals surface area contributed by atoms with Crippen LogP contribution in [0.15, 0.2) is 18.2 Å². The van der Waals surface area contributed by atoms with Gasteiger partial charge in [0.25, 0.3) is 0 Å². The summed E-state index contributed by atoms with van der Waals surface area (Å²) in [5, 5.41) is 0. The molecular weight excluding hydrogens is 216 g/mol. The summed E-state index contributed by atoms with van der Waals surface area (Å²) in [6, 6.07) is 6.23. The minimum atomic E-state index is 0. The smallest absolute Gasteiger partial charge is 0.170 e. The normalized spacial score (nSPS) is 12.4. The number of hydrogen-bond donors (Lipinski definition) is 0. The summed E-state index contributed by atoms with van der Waals surface area (Å²) < 4.78 is 11.2. The Kier molecular flexibility index (Phi) is 4.18. The van der Waals surface area contributed by atoms with Crippen LogP contribution in [0.4, 0.5) is 0 Å². The van der Waals surface area contributed by atoms with Gasteiger partial charge in [0.15, 0.2) is 11.5 Å². The molecule has 16 heavy (non-hydrogen) atoms. The molecule has 0 spiro atoms. The highest BCUT2D eigenvalue weighted by atomic mass is 28.1. The highest BCUT2D eigenvalue weighted by molar-refractivity contribution is 5.99. The Hall–Kier alpha value is -1.22. The number of rotatable bonds is 4. The largest absolute Gasteiger partial charge is 0.489 e. The van der Waals surface area contributed by atoms with E-state index in [0.29, 0.717) is 13.2 Å². The molecule has 3 heteroatoms. The molecule has 0 saturated heterocycles. The predicted molar refractivity (Wildman–Crippen MR) is 67.0 cm³/mol. The Labute approximate surface area is 101 Å². The Bertz CT molecular complexity index is 410. The van der Waals surface area contributed by atoms with Crippen molar-refractivity contribution in [2.75, 3.05) is 13.2 Å². The molecule has 1 aromatic carbocycles. The highest BCUT2D eigenvalue weighted by Gasteiger charge is 2.30. The quantitative estimate of drug-likeness (QED) is 0.743. The third-order valence-electron chi connectivity index (χ3n) is 2.53. The van der Waals surface area contributed by atoms with Crippen LogP contribution in [-0.2, 0) is 9.47 Å². The van der Waals surface area contributed by atoms with Crippen LogP contribution in [0.2, 0.25) is 0 Å². The van der Waals surface area contributed by atoms with Crippen molar-refractivity contribution < 1.29 is 9.47 Å². The number of hydrogen-bond acceptors (Lipinski definition) is 2. The summed E-state index contributed by atoms with van der Waals surface area (Å²) in [5.41, 5.74) is 3.64. The third-order valence-corrected chi connectivity index (χ3v) is 2.53. The van der Waals surface area contributed by atoms with Gasteiger partial charge in [0.1, 0.15) is 0 Å². The zero-order valence-electron chi connectivity index (χ0n) is 9.96. The first-order valence-electron chi connectivity index (χ1n) is 5.39. The van der Waals surface area contributed by atoms with E-state index in [1.807, 2.05) is 13.8 Å². The van der Waals surface area contributed by atoms with E-state index < -0.39 is 0 Å². The van der Waals surface area contributed by atoms with E-state index >= 15 is 0 Å². The molecule has 0 amide bonds. The van der Waals surface area contributed by atoms with Crippen molar-refractivity contribution in [2.24, 2.45) is 0 Å². The van der Waals surface area contributed by atoms with Crippen LogP contribution >= 0.6 is 0 Å². The van der Waals surface area contributed by atoms with Crippen LogP contribution in [0.5, 0.6) is 0 Å². The zero-order valence-corrected chi connectivity index (χ0v) is 11.0. The molecule has 4 radical (unpaired) electrons. The molecule has 0 fully saturated rings. The molecule has 0 unspecified atom stereocenters. The maximum absolute atomic E-state index is 5.60. The first-order valence-corrected chi connectivity index (χ1v) is 5.39. The summed E-state index contributed by atoms with van der Waals surface area (Å²) in [7, 11) is 0. The minimum Gasteiger partial charge on any atom is -0.489 e. The molecule has 0 aliphatic heterocycles. The van der Waals surface area contributed by atoms with Crippen molar-refractivity contribution in [3.05, 3.63) is 34.9 Å². The van der Waals surface area contributed by atoms with Crippen molar-refractivity contribution in [3.8, 4) is 0 Å². The van der Waals surface area contributed by atoms with E-state index in [1.54, 1.807) is 0 Å². The molecule has 2 rings (SSSR count). The topological polar surface area (TPSA) is 18.5 Å². The lowest BCUT2D eigenvalue weighted by molar-refractivity contribution is 0.253. The summed E-state index contributed by atoms with van der Waals surface area (Å²) in [5.74, 6) is 1.84. The summed E-state index contributed by atoms with van der Waals surface area (Å²) >= 11 is 0. The predicted octanol–water partition coefficient (Wildman–Crippen LogP) is 2.83. The van der Waals surface area contributed by atoms with Crippen molar-refractivity contribution >= 4 is 22.5 Å². The second-order valence-corrected chi connectivity index (χ2v) is 3.52. The van der Waals surface area contributed by atoms with E-state index in [9.17, 15) is 0 Å². The lowest BCUT2D eigenvalue weighted by Gasteiger charge is -2.28. The molecule has 1 aromatic rings. The molecular formula is C13H16O2Si. The van der Waals surface area contributed by atoms with Gasteiger partial charge in [0, 0.05) is 22.1 Å². The standard InChI is InChI=1S/C13H16O2.Si/c1-4-14-12-10-8-6-7-9(3)11(10)13(12)15-5-2;/h6-8H,4-5H2,1-3H3;. The zero-order chi connectivity index (χ0) is 10.8. The summed E-state index contributed by atoms with van der Waals surface area (Å²) in [6.45, 7) is 7.44. The van der Waals surface area contributed by atoms with Gasteiger partial charge in [-0.1, -0.05) is 18.2 Å². The van der Waals surface area contributed by atoms with Crippen LogP contribution in [0, 0.1) is 6.92 Å². The number of ether oxygens (including phenoxy) is 2. The molecule has 0 aromatic heterocycles. The fraction of sp³-hybridized carbons (Fsp3) is 0.385. The van der Waals surface area contributed by atoms with Gasteiger partial charge in [-0.15, -0.1) is 0 Å². The van der Waals surface area contributed by atoms with E-state index in [2.05, 4.69) is 25.1 Å². The Morgan fingerprint density at radius 3 is 2.25 bits per heavy atom. The monoisotopic (exact) mass is 232 g/mol. The van der Waals surface area contributed by atoms with Crippen molar-refractivity contribution in [3.63, 3.8) is 0 Å². The Morgan fingerprint density at radius 2 is 1.62 bits per heavy atom. The average molecular weight is 232 g/mol. The lowest BCUT2D eigenvalue weighted by Crippen LogP contribution is -2.13. The number of fused-ring (bicyclic) bond motifs is 1. The van der Waals surface area contributed by atoms with Crippen LogP contribution in [0.25, 0.3) is 11.5 Å². The van der Waals surface area contributed by atoms with Gasteiger partial charge in [-0.05, 0) is 26.3 Å². The van der Waals surface area contributed by atoms with Crippen molar-refractivity contribution in [1.29, 1.82) is 0 Å². The molecule has 1 aliphatic rings. The third kappa shape index (κ3) is 1.87. The average Bonchev–Trinajstić information content (AvgIpc) is 2.23. The first-order chi connectivity index (χ1) is 7.29. The van der Waals surface area contributed by atoms with Gasteiger partial charge in [0.2, 0.25) is 0 Å². The molecule has 0 bridgehead atoms. The van der Waals surface area contributed by atoms with Gasteiger partial charge in [0.05, 0.1) is 13.2 Å². The van der Waals surface area contributed by atoms with Crippen LogP contribution in [-0.4, -0.2) is 24.2 Å². The minimum absolute atomic E-state index is 0. The number of aryl methyl sites for hydroxylation is 1. The second-order valence-electron chi connectivity index (χ2n) is 3.52. The Morgan fingerprint density at radius 1 is 1.00 bits per heavy atom. The SMILES string of the molecule is CCOC1=C(OCC)c2c(C)cccc21.[Si]. The Balaban J connectivity index is 0.00000128. The fourth-order valence-corrected chi connectivity index (χ4v) is 1.90. The molecule has 0 N–H and O–H groups in total. The molecule has 0 heterocycles. The maximum Gasteiger partial charge on any atom is 0.170 e. The maximum atomic E-state index is 5.60. The van der Waals surface area contributed by atoms with Crippen LogP contribution < -0.4 is 0 Å². The van der Waals surface area contributed by atoms with Crippen molar-refractivity contribution in [1.82, 2.24) is 0 Å². The summed E-state index contributed by atoms with van der Waals surface area (Å²) in [4.78, 5) is 0. The number of benzene rings is 1.